The zero-order valence-electron chi connectivity index (χ0n) is 77.1. The summed E-state index contributed by atoms with van der Waals surface area (Å²) in [6, 6.07) is 50.5. The molecule has 0 atom stereocenters. The first-order valence-electron chi connectivity index (χ1n) is 41.3. The number of rotatable bonds is 36. The number of carbonyl (C=O) groups excluding carboxylic acids is 6. The minimum atomic E-state index is -0.574. The fourth-order valence-electron chi connectivity index (χ4n) is 15.0. The van der Waals surface area contributed by atoms with Crippen molar-refractivity contribution >= 4 is 36.1 Å². The Bertz CT molecular complexity index is 5580. The van der Waals surface area contributed by atoms with Crippen molar-refractivity contribution in [2.24, 2.45) is 0 Å². The molecular weight excluding hydrogens is 1650 g/mol. The lowest BCUT2D eigenvalue weighted by molar-refractivity contribution is -0.282. The Morgan fingerprint density at radius 2 is 0.636 bits per heavy atom. The van der Waals surface area contributed by atoms with Crippen molar-refractivity contribution < 1.29 is 122 Å². The van der Waals surface area contributed by atoms with Crippen LogP contribution in [0.4, 0.5) is 0 Å². The number of benzene rings is 11. The van der Waals surface area contributed by atoms with Gasteiger partial charge in [0.1, 0.15) is 63.8 Å². The minimum absolute atomic E-state index is 0. The Morgan fingerprint density at radius 1 is 0.318 bits per heavy atom. The van der Waals surface area contributed by atoms with Crippen LogP contribution in [-0.2, 0) is 83.1 Å². The molecule has 11 aromatic carbocycles. The van der Waals surface area contributed by atoms with E-state index in [0.29, 0.717) is 106 Å². The van der Waals surface area contributed by atoms with Crippen LogP contribution in [0.1, 0.15) is 168 Å². The fraction of sp³-hybridized carbons (Fsp3) is 0.288. The van der Waals surface area contributed by atoms with Crippen LogP contribution in [0.2, 0.25) is 0 Å². The Hall–Kier alpha value is -14.5. The summed E-state index contributed by atoms with van der Waals surface area (Å²) in [5.41, 5.74) is 21.6. The number of aldehydes is 1. The first-order valence-corrected chi connectivity index (χ1v) is 41.3. The van der Waals surface area contributed by atoms with Crippen LogP contribution in [0.3, 0.4) is 0 Å². The number of ether oxygens (including phenoxy) is 12. The average Bonchev–Trinajstić information content (AvgIpc) is 0.765. The molecule has 0 amide bonds. The highest BCUT2D eigenvalue weighted by Gasteiger charge is 2.31. The van der Waals surface area contributed by atoms with E-state index in [0.717, 1.165) is 118 Å². The topological polar surface area (TPSA) is 333 Å². The lowest BCUT2D eigenvalue weighted by Crippen LogP contribution is -2.16. The van der Waals surface area contributed by atoms with Crippen molar-refractivity contribution in [2.45, 2.75) is 121 Å². The highest BCUT2D eigenvalue weighted by atomic mass is 17.2. The van der Waals surface area contributed by atoms with Crippen molar-refractivity contribution in [3.8, 4) is 69.0 Å². The van der Waals surface area contributed by atoms with E-state index in [4.69, 9.17) is 62.1 Å². The molecule has 5 N–H and O–H groups in total. The molecule has 0 spiro atoms. The largest absolute Gasteiger partial charge is 1.00 e. The van der Waals surface area contributed by atoms with Gasteiger partial charge in [0.2, 0.25) is 6.79 Å². The number of phenolic OH excluding ortho intramolecular Hbond substituents is 5. The van der Waals surface area contributed by atoms with Gasteiger partial charge < -0.3 is 87.3 Å². The van der Waals surface area contributed by atoms with Gasteiger partial charge >= 0.3 is 31.3 Å². The number of esters is 5. The summed E-state index contributed by atoms with van der Waals surface area (Å²) in [5, 5.41) is 52.4. The number of phenols is 5. The molecule has 0 saturated heterocycles. The van der Waals surface area contributed by atoms with E-state index in [-0.39, 0.29) is 75.6 Å². The number of hydrogen-bond acceptors (Lipinski definition) is 25. The number of aryl methyl sites for hydroxylation is 12. The van der Waals surface area contributed by atoms with Crippen LogP contribution in [0.5, 0.6) is 69.0 Å². The molecule has 678 valence electrons. The van der Waals surface area contributed by atoms with Crippen molar-refractivity contribution in [2.75, 3.05) is 82.5 Å². The zero-order valence-corrected chi connectivity index (χ0v) is 76.1. The molecule has 0 saturated carbocycles. The standard InChI is InChI=1S/C64H68O13.C32H34O11.C8H10O/c1-34-17-45(27-43-13-15-57(75-31-59(69)72-10)51(29-43)62(47-19-39(6)53(65)23-35(47)2)48-20-40(7)54(66)24-36(48)3)64(77-33-61(71)74-12)46(18-34)28-44-14-16-58(76-32-60(70)73-11)52(30-44)63(49-21-41(8)55(67)25-37(49)4)50-22-42(9)56(68)26-38(50)5;1-6-42-43-20-41-28-10-8-23(16-29(28)36-3)14-25-12-21(2)11-24(32(25)40-19-31(35)38-5)13-22-7-9-27(26(15-22)17-33)39-18-30(34)37-4;1-6-3-4-7(2)8(9)5-6/h13-26,29-30,62-63,65-68H,27-28,31-33H2,1-12H3;6-12,15-17H,1,13-14,18-20H2,2-5H3;3-5,9H,1-2H3/p+1. The summed E-state index contributed by atoms with van der Waals surface area (Å²) in [4.78, 5) is 82.8. The van der Waals surface area contributed by atoms with E-state index in [1.807, 2.05) is 192 Å². The molecule has 11 aromatic rings. The molecule has 25 heteroatoms. The Kier molecular flexibility index (Phi) is 35.2. The highest BCUT2D eigenvalue weighted by molar-refractivity contribution is 5.81. The van der Waals surface area contributed by atoms with E-state index in [1.165, 1.54) is 42.7 Å². The van der Waals surface area contributed by atoms with E-state index >= 15 is 0 Å². The summed E-state index contributed by atoms with van der Waals surface area (Å²) in [5.74, 6) is 0.223. The SMILES string of the molecule is C=COOCOc1ccc(Cc2cc(C)cc(Cc3ccc(OCC(=O)OC)c(C=O)c3)c2OCC(=O)OC)cc1OC.COC(=O)COc1ccc(Cc2cc(C)cc(Cc3ccc(OCC(=O)OC)c(C(c4cc(C)c(O)cc4C)c4cc(C)c(O)cc4C)c3)c2OCC(=O)OC)cc1C(c1cc(C)c(O)cc1C)c1cc(C)c(O)cc1C.Cc1ccc(C)c(O)c1.[H+]. The summed E-state index contributed by atoms with van der Waals surface area (Å²) >= 11 is 0. The van der Waals surface area contributed by atoms with Crippen LogP contribution in [0.25, 0.3) is 0 Å². The lowest BCUT2D eigenvalue weighted by Gasteiger charge is -2.27. The second-order valence-electron chi connectivity index (χ2n) is 31.4. The third-order valence-electron chi connectivity index (χ3n) is 21.7. The lowest BCUT2D eigenvalue weighted by atomic mass is 9.78. The molecule has 0 aliphatic carbocycles. The van der Waals surface area contributed by atoms with Crippen LogP contribution >= 0.6 is 0 Å². The molecule has 0 heterocycles. The van der Waals surface area contributed by atoms with Gasteiger partial charge in [-0.25, -0.2) is 24.0 Å². The van der Waals surface area contributed by atoms with Gasteiger partial charge in [0.25, 0.3) is 0 Å². The van der Waals surface area contributed by atoms with E-state index < -0.39 is 41.7 Å². The average molecular weight is 1760 g/mol. The fourth-order valence-corrected chi connectivity index (χ4v) is 15.0. The van der Waals surface area contributed by atoms with Gasteiger partial charge in [-0.2, -0.15) is 0 Å². The van der Waals surface area contributed by atoms with Gasteiger partial charge in [0, 0.05) is 48.6 Å². The van der Waals surface area contributed by atoms with Crippen LogP contribution in [0.15, 0.2) is 177 Å². The number of hydrogen-bond donors (Lipinski definition) is 5. The molecule has 0 aliphatic heterocycles. The minimum Gasteiger partial charge on any atom is -0.508 e. The molecule has 0 aromatic heterocycles. The quantitative estimate of drug-likeness (QED) is 0.00280. The first-order chi connectivity index (χ1) is 61.6. The number of carbonyl (C=O) groups is 6. The highest BCUT2D eigenvalue weighted by Crippen LogP contribution is 2.47. The maximum absolute atomic E-state index is 12.9. The molecular formula is C104H113O25+. The molecule has 0 radical (unpaired) electrons. The third-order valence-corrected chi connectivity index (χ3v) is 21.7. The molecule has 0 unspecified atom stereocenters. The summed E-state index contributed by atoms with van der Waals surface area (Å²) in [6.07, 6.45) is 3.25. The summed E-state index contributed by atoms with van der Waals surface area (Å²) in [6.45, 7) is 24.4. The normalized spacial score (nSPS) is 10.8. The Balaban J connectivity index is 0.000000328. The van der Waals surface area contributed by atoms with Crippen LogP contribution in [-0.4, -0.2) is 144 Å². The Morgan fingerprint density at radius 3 is 0.961 bits per heavy atom. The van der Waals surface area contributed by atoms with E-state index in [9.17, 15) is 49.2 Å². The number of methoxy groups -OCH3 is 6. The Labute approximate surface area is 753 Å². The predicted molar refractivity (Wildman–Crippen MR) is 488 cm³/mol. The van der Waals surface area contributed by atoms with Crippen LogP contribution < -0.4 is 33.2 Å². The van der Waals surface area contributed by atoms with Gasteiger partial charge in [-0.15, -0.1) is 4.89 Å². The predicted octanol–water partition coefficient (Wildman–Crippen LogP) is 18.1. The number of aromatic hydroxyl groups is 5. The maximum atomic E-state index is 12.9. The van der Waals surface area contributed by atoms with Crippen molar-refractivity contribution in [1.29, 1.82) is 0 Å². The zero-order chi connectivity index (χ0) is 94.0. The van der Waals surface area contributed by atoms with Crippen molar-refractivity contribution in [1.82, 2.24) is 0 Å². The second kappa shape index (κ2) is 46.1. The van der Waals surface area contributed by atoms with Gasteiger partial charge in [-0.05, 0) is 272 Å². The molecule has 0 aliphatic rings. The molecule has 0 fully saturated rings. The molecule has 11 rings (SSSR count). The van der Waals surface area contributed by atoms with Crippen LogP contribution in [0, 0.1) is 83.1 Å². The molecule has 0 bridgehead atoms. The second-order valence-corrected chi connectivity index (χ2v) is 31.4. The van der Waals surface area contributed by atoms with E-state index in [1.54, 1.807) is 54.6 Å². The smallest absolute Gasteiger partial charge is 0.508 e. The first kappa shape index (κ1) is 98.3. The van der Waals surface area contributed by atoms with Crippen molar-refractivity contribution in [3.63, 3.8) is 0 Å². The summed E-state index contributed by atoms with van der Waals surface area (Å²) in [7, 11) is 7.97. The monoisotopic (exact) mass is 1760 g/mol. The molecule has 129 heavy (non-hydrogen) atoms. The van der Waals surface area contributed by atoms with E-state index in [2.05, 4.69) is 16.2 Å². The van der Waals surface area contributed by atoms with Gasteiger partial charge in [-0.3, -0.25) is 4.79 Å². The maximum Gasteiger partial charge on any atom is 1.00 e. The van der Waals surface area contributed by atoms with Gasteiger partial charge in [0.15, 0.2) is 50.8 Å². The molecule has 25 nitrogen and oxygen atoms in total. The van der Waals surface area contributed by atoms with Crippen molar-refractivity contribution in [3.05, 3.63) is 327 Å². The van der Waals surface area contributed by atoms with Gasteiger partial charge in [0.05, 0.1) is 48.2 Å². The summed E-state index contributed by atoms with van der Waals surface area (Å²) < 4.78 is 65.9. The third kappa shape index (κ3) is 26.3. The van der Waals surface area contributed by atoms with Gasteiger partial charge in [-0.1, -0.05) is 115 Å².